The van der Waals surface area contributed by atoms with Crippen molar-refractivity contribution in [1.82, 2.24) is 9.80 Å². The number of carbonyl (C=O) groups excluding carboxylic acids is 1. The number of carbonyl (C=O) groups is 1. The Hall–Kier alpha value is -1.55. The molecule has 1 aromatic rings. The van der Waals surface area contributed by atoms with Crippen molar-refractivity contribution in [2.45, 2.75) is 26.3 Å². The summed E-state index contributed by atoms with van der Waals surface area (Å²) in [6.07, 6.45) is 0.916. The Kier molecular flexibility index (Phi) is 4.43. The second-order valence-electron chi connectivity index (χ2n) is 4.85. The summed E-state index contributed by atoms with van der Waals surface area (Å²) in [6, 6.07) is 8.42. The van der Waals surface area contributed by atoms with Crippen LogP contribution >= 0.6 is 0 Å². The molecule has 104 valence electrons. The highest BCUT2D eigenvalue weighted by molar-refractivity contribution is 5.75. The van der Waals surface area contributed by atoms with E-state index in [0.29, 0.717) is 6.54 Å². The number of amides is 2. The van der Waals surface area contributed by atoms with E-state index in [1.165, 1.54) is 11.1 Å². The fraction of sp³-hybridized carbons (Fsp3) is 0.533. The minimum Gasteiger partial charge on any atom is -0.328 e. The number of fused-ring (bicyclic) bond motifs is 1. The third-order valence-electron chi connectivity index (χ3n) is 3.92. The summed E-state index contributed by atoms with van der Waals surface area (Å²) in [4.78, 5) is 16.3. The maximum absolute atomic E-state index is 12.5. The zero-order valence-corrected chi connectivity index (χ0v) is 11.8. The maximum Gasteiger partial charge on any atom is 0.320 e. The van der Waals surface area contributed by atoms with Gasteiger partial charge in [-0.3, -0.25) is 0 Å². The number of hydrogen-bond donors (Lipinski definition) is 1. The van der Waals surface area contributed by atoms with E-state index < -0.39 is 0 Å². The summed E-state index contributed by atoms with van der Waals surface area (Å²) in [5.41, 5.74) is 8.44. The first-order chi connectivity index (χ1) is 9.22. The van der Waals surface area contributed by atoms with Gasteiger partial charge in [0.1, 0.15) is 0 Å². The lowest BCUT2D eigenvalue weighted by atomic mass is 9.93. The van der Waals surface area contributed by atoms with E-state index in [2.05, 4.69) is 12.1 Å². The van der Waals surface area contributed by atoms with Crippen LogP contribution in [0.2, 0.25) is 0 Å². The summed E-state index contributed by atoms with van der Waals surface area (Å²) in [7, 11) is 0. The minimum atomic E-state index is 0.0121. The van der Waals surface area contributed by atoms with Gasteiger partial charge in [-0.2, -0.15) is 0 Å². The van der Waals surface area contributed by atoms with Crippen LogP contribution in [0.15, 0.2) is 24.3 Å². The molecule has 0 saturated carbocycles. The second-order valence-corrected chi connectivity index (χ2v) is 4.85. The lowest BCUT2D eigenvalue weighted by Gasteiger charge is -2.39. The van der Waals surface area contributed by atoms with Crippen molar-refractivity contribution in [3.63, 3.8) is 0 Å². The zero-order valence-electron chi connectivity index (χ0n) is 11.8. The number of nitrogens with two attached hydrogens (primary N) is 1. The van der Waals surface area contributed by atoms with Gasteiger partial charge in [-0.05, 0) is 31.4 Å². The third-order valence-corrected chi connectivity index (χ3v) is 3.92. The van der Waals surface area contributed by atoms with Crippen LogP contribution in [0.5, 0.6) is 0 Å². The molecule has 1 aliphatic heterocycles. The molecule has 19 heavy (non-hydrogen) atoms. The average Bonchev–Trinajstić information content (AvgIpc) is 2.47. The number of nitrogens with zero attached hydrogens (tertiary/aromatic N) is 2. The van der Waals surface area contributed by atoms with Gasteiger partial charge in [0.2, 0.25) is 0 Å². The highest BCUT2D eigenvalue weighted by atomic mass is 16.2. The highest BCUT2D eigenvalue weighted by Gasteiger charge is 2.31. The van der Waals surface area contributed by atoms with Crippen molar-refractivity contribution < 1.29 is 4.79 Å². The summed E-state index contributed by atoms with van der Waals surface area (Å²) in [6.45, 7) is 6.74. The van der Waals surface area contributed by atoms with E-state index >= 15 is 0 Å². The number of rotatable bonds is 3. The topological polar surface area (TPSA) is 49.6 Å². The van der Waals surface area contributed by atoms with E-state index in [4.69, 9.17) is 5.73 Å². The fourth-order valence-electron chi connectivity index (χ4n) is 2.81. The molecule has 1 aliphatic rings. The Labute approximate surface area is 115 Å². The van der Waals surface area contributed by atoms with Crippen LogP contribution in [0.1, 0.15) is 31.0 Å². The molecule has 1 atom stereocenters. The van der Waals surface area contributed by atoms with E-state index in [9.17, 15) is 4.79 Å². The van der Waals surface area contributed by atoms with Crippen molar-refractivity contribution in [2.24, 2.45) is 5.73 Å². The van der Waals surface area contributed by atoms with Crippen molar-refractivity contribution in [3.05, 3.63) is 35.4 Å². The predicted molar refractivity (Wildman–Crippen MR) is 77.0 cm³/mol. The Morgan fingerprint density at radius 1 is 1.37 bits per heavy atom. The van der Waals surface area contributed by atoms with E-state index in [1.807, 2.05) is 35.8 Å². The molecule has 0 aliphatic carbocycles. The molecule has 1 heterocycles. The third kappa shape index (κ3) is 2.59. The van der Waals surface area contributed by atoms with Gasteiger partial charge in [-0.15, -0.1) is 0 Å². The zero-order chi connectivity index (χ0) is 13.8. The molecule has 0 saturated heterocycles. The first-order valence-electron chi connectivity index (χ1n) is 7.06. The van der Waals surface area contributed by atoms with Crippen LogP contribution in [0, 0.1) is 0 Å². The second kappa shape index (κ2) is 6.06. The van der Waals surface area contributed by atoms with Crippen molar-refractivity contribution in [3.8, 4) is 0 Å². The molecule has 0 bridgehead atoms. The Bertz CT molecular complexity index is 443. The van der Waals surface area contributed by atoms with Gasteiger partial charge in [0.05, 0.1) is 6.04 Å². The molecule has 4 heteroatoms. The summed E-state index contributed by atoms with van der Waals surface area (Å²) >= 11 is 0. The monoisotopic (exact) mass is 261 g/mol. The number of hydrogen-bond acceptors (Lipinski definition) is 2. The average molecular weight is 261 g/mol. The number of urea groups is 1. The van der Waals surface area contributed by atoms with Crippen molar-refractivity contribution in [1.29, 1.82) is 0 Å². The molecule has 0 fully saturated rings. The van der Waals surface area contributed by atoms with E-state index in [-0.39, 0.29) is 12.1 Å². The molecular weight excluding hydrogens is 238 g/mol. The van der Waals surface area contributed by atoms with Gasteiger partial charge in [0.15, 0.2) is 0 Å². The van der Waals surface area contributed by atoms with Crippen molar-refractivity contribution in [2.75, 3.05) is 26.2 Å². The largest absolute Gasteiger partial charge is 0.328 e. The van der Waals surface area contributed by atoms with Gasteiger partial charge in [0, 0.05) is 26.2 Å². The molecule has 0 radical (unpaired) electrons. The minimum absolute atomic E-state index is 0.0121. The quantitative estimate of drug-likeness (QED) is 0.905. The van der Waals surface area contributed by atoms with Gasteiger partial charge < -0.3 is 15.5 Å². The number of benzene rings is 1. The lowest BCUT2D eigenvalue weighted by Crippen LogP contribution is -2.49. The molecular formula is C15H23N3O. The fourth-order valence-corrected chi connectivity index (χ4v) is 2.81. The Balaban J connectivity index is 2.27. The van der Waals surface area contributed by atoms with Crippen LogP contribution < -0.4 is 5.73 Å². The SMILES string of the molecule is CCN(CC)C(=O)N1CCc2ccccc2C1CN. The smallest absolute Gasteiger partial charge is 0.320 e. The normalized spacial score (nSPS) is 18.1. The first-order valence-corrected chi connectivity index (χ1v) is 7.06. The molecule has 2 N–H and O–H groups in total. The predicted octanol–water partition coefficient (Wildman–Crippen LogP) is 2.01. The molecule has 2 amide bonds. The molecule has 0 aromatic heterocycles. The van der Waals surface area contributed by atoms with Gasteiger partial charge in [0.25, 0.3) is 0 Å². The standard InChI is InChI=1S/C15H23N3O/c1-3-17(4-2)15(19)18-10-9-12-7-5-6-8-13(12)14(18)11-16/h5-8,14H,3-4,9-11,16H2,1-2H3. The molecule has 2 rings (SSSR count). The van der Waals surface area contributed by atoms with Gasteiger partial charge >= 0.3 is 6.03 Å². The summed E-state index contributed by atoms with van der Waals surface area (Å²) in [5.74, 6) is 0. The van der Waals surface area contributed by atoms with Crippen LogP contribution in [-0.2, 0) is 6.42 Å². The van der Waals surface area contributed by atoms with Crippen LogP contribution in [0.3, 0.4) is 0 Å². The Morgan fingerprint density at radius 3 is 2.68 bits per heavy atom. The maximum atomic E-state index is 12.5. The van der Waals surface area contributed by atoms with Crippen LogP contribution in [0.25, 0.3) is 0 Å². The molecule has 1 aromatic carbocycles. The molecule has 4 nitrogen and oxygen atoms in total. The van der Waals surface area contributed by atoms with E-state index in [1.54, 1.807) is 0 Å². The Morgan fingerprint density at radius 2 is 2.05 bits per heavy atom. The van der Waals surface area contributed by atoms with E-state index in [0.717, 1.165) is 26.1 Å². The van der Waals surface area contributed by atoms with Gasteiger partial charge in [-0.25, -0.2) is 4.79 Å². The lowest BCUT2D eigenvalue weighted by molar-refractivity contribution is 0.134. The highest BCUT2D eigenvalue weighted by Crippen LogP contribution is 2.29. The van der Waals surface area contributed by atoms with Crippen LogP contribution in [0.4, 0.5) is 4.79 Å². The summed E-state index contributed by atoms with van der Waals surface area (Å²) in [5, 5.41) is 0. The van der Waals surface area contributed by atoms with Crippen LogP contribution in [-0.4, -0.2) is 42.0 Å². The van der Waals surface area contributed by atoms with Gasteiger partial charge in [-0.1, -0.05) is 24.3 Å². The first kappa shape index (κ1) is 13.9. The summed E-state index contributed by atoms with van der Waals surface area (Å²) < 4.78 is 0. The van der Waals surface area contributed by atoms with Crippen molar-refractivity contribution >= 4 is 6.03 Å². The molecule has 0 spiro atoms. The molecule has 1 unspecified atom stereocenters.